The van der Waals surface area contributed by atoms with E-state index in [0.29, 0.717) is 0 Å². The Labute approximate surface area is 134 Å². The lowest BCUT2D eigenvalue weighted by Gasteiger charge is -2.02. The summed E-state index contributed by atoms with van der Waals surface area (Å²) in [6, 6.07) is 2.18. The van der Waals surface area contributed by atoms with Gasteiger partial charge in [0.15, 0.2) is 18.6 Å². The van der Waals surface area contributed by atoms with E-state index in [1.807, 2.05) is 19.9 Å². The summed E-state index contributed by atoms with van der Waals surface area (Å²) in [6.45, 7) is 10.2. The molecule has 0 radical (unpaired) electrons. The van der Waals surface area contributed by atoms with E-state index in [9.17, 15) is 0 Å². The predicted octanol–water partition coefficient (Wildman–Crippen LogP) is 2.46. The van der Waals surface area contributed by atoms with Crippen molar-refractivity contribution in [2.45, 2.75) is 53.5 Å². The van der Waals surface area contributed by atoms with Gasteiger partial charge in [0.25, 0.3) is 0 Å². The van der Waals surface area contributed by atoms with Crippen LogP contribution in [0.1, 0.15) is 44.2 Å². The maximum absolute atomic E-state index is 5.51. The van der Waals surface area contributed by atoms with Gasteiger partial charge in [-0.25, -0.2) is 4.57 Å². The zero-order valence-electron chi connectivity index (χ0n) is 14.4. The zero-order valence-corrected chi connectivity index (χ0v) is 14.4. The number of hydrogen-bond acceptors (Lipinski definition) is 1. The van der Waals surface area contributed by atoms with Crippen molar-refractivity contribution < 1.29 is 14.7 Å². The van der Waals surface area contributed by atoms with E-state index >= 15 is 0 Å². The zero-order chi connectivity index (χ0) is 16.4. The molecule has 0 aliphatic rings. The number of allylic oxidation sites excluding steroid dienone is 3. The maximum atomic E-state index is 5.51. The van der Waals surface area contributed by atoms with Gasteiger partial charge in [-0.05, 0) is 57.7 Å². The number of hydrogen-bond donors (Lipinski definition) is 1. The SMILES string of the molecule is C/C(C=[NH2+])=C(C)/C=C\OCCCCC[n+]1ccc(C)c(C)c1. The van der Waals surface area contributed by atoms with Crippen LogP contribution in [0.15, 0.2) is 41.9 Å². The second kappa shape index (κ2) is 9.93. The first-order valence-electron chi connectivity index (χ1n) is 8.01. The van der Waals surface area contributed by atoms with Crippen LogP contribution in [0.2, 0.25) is 0 Å². The number of pyridine rings is 1. The Balaban J connectivity index is 2.15. The summed E-state index contributed by atoms with van der Waals surface area (Å²) in [6.07, 6.45) is 13.2. The normalized spacial score (nSPS) is 12.4. The highest BCUT2D eigenvalue weighted by molar-refractivity contribution is 5.74. The summed E-state index contributed by atoms with van der Waals surface area (Å²) in [5.74, 6) is 0. The van der Waals surface area contributed by atoms with Gasteiger partial charge in [-0.15, -0.1) is 0 Å². The van der Waals surface area contributed by atoms with Gasteiger partial charge in [0, 0.05) is 23.6 Å². The highest BCUT2D eigenvalue weighted by atomic mass is 16.5. The quantitative estimate of drug-likeness (QED) is 0.246. The van der Waals surface area contributed by atoms with E-state index in [1.54, 1.807) is 12.5 Å². The van der Waals surface area contributed by atoms with Crippen molar-refractivity contribution in [3.05, 3.63) is 53.1 Å². The van der Waals surface area contributed by atoms with Crippen molar-refractivity contribution in [2.75, 3.05) is 6.61 Å². The molecule has 0 aliphatic carbocycles. The number of aromatic nitrogens is 1. The number of nitrogens with two attached hydrogens (primary N) is 1. The summed E-state index contributed by atoms with van der Waals surface area (Å²) < 4.78 is 7.78. The monoisotopic (exact) mass is 302 g/mol. The molecule has 22 heavy (non-hydrogen) atoms. The average Bonchev–Trinajstić information content (AvgIpc) is 2.52. The third-order valence-electron chi connectivity index (χ3n) is 3.96. The molecule has 1 aromatic heterocycles. The lowest BCUT2D eigenvalue weighted by Crippen LogP contribution is -2.33. The predicted molar refractivity (Wildman–Crippen MR) is 91.4 cm³/mol. The summed E-state index contributed by atoms with van der Waals surface area (Å²) in [5.41, 5.74) is 4.91. The fourth-order valence-electron chi connectivity index (χ4n) is 2.01. The Morgan fingerprint density at radius 1 is 1.14 bits per heavy atom. The molecule has 120 valence electrons. The minimum atomic E-state index is 0.771. The van der Waals surface area contributed by atoms with Crippen LogP contribution in [0.5, 0.6) is 0 Å². The molecule has 2 N–H and O–H groups in total. The summed E-state index contributed by atoms with van der Waals surface area (Å²) in [4.78, 5) is 0. The maximum Gasteiger partial charge on any atom is 0.171 e. The fourth-order valence-corrected chi connectivity index (χ4v) is 2.01. The second-order valence-electron chi connectivity index (χ2n) is 5.82. The Kier molecular flexibility index (Phi) is 8.19. The van der Waals surface area contributed by atoms with Crippen molar-refractivity contribution >= 4 is 6.21 Å². The third-order valence-corrected chi connectivity index (χ3v) is 3.96. The van der Waals surface area contributed by atoms with Crippen molar-refractivity contribution in [1.29, 1.82) is 0 Å². The topological polar surface area (TPSA) is 38.7 Å². The van der Waals surface area contributed by atoms with Gasteiger partial charge in [-0.1, -0.05) is 0 Å². The molecule has 0 amide bonds. The van der Waals surface area contributed by atoms with Crippen molar-refractivity contribution in [1.82, 2.24) is 0 Å². The molecule has 0 saturated heterocycles. The van der Waals surface area contributed by atoms with Gasteiger partial charge in [0.05, 0.1) is 12.9 Å². The fraction of sp³-hybridized carbons (Fsp3) is 0.474. The average molecular weight is 302 g/mol. The first kappa shape index (κ1) is 18.1. The van der Waals surface area contributed by atoms with E-state index in [4.69, 9.17) is 10.1 Å². The Bertz CT molecular complexity index is 544. The molecule has 0 unspecified atom stereocenters. The number of nitrogens with zero attached hydrogens (tertiary/aromatic N) is 1. The number of rotatable bonds is 9. The van der Waals surface area contributed by atoms with Crippen LogP contribution in [0, 0.1) is 13.8 Å². The summed E-state index contributed by atoms with van der Waals surface area (Å²) in [5, 5.41) is 5.46. The molecular formula is C19H30N2O+2. The van der Waals surface area contributed by atoms with Crippen molar-refractivity contribution in [3.63, 3.8) is 0 Å². The molecule has 0 saturated carbocycles. The van der Waals surface area contributed by atoms with Gasteiger partial charge in [0.2, 0.25) is 0 Å². The molecule has 3 nitrogen and oxygen atoms in total. The molecule has 0 fully saturated rings. The molecule has 0 aromatic carbocycles. The molecule has 1 rings (SSSR count). The van der Waals surface area contributed by atoms with Crippen LogP contribution in [-0.4, -0.2) is 12.8 Å². The number of unbranched alkanes of at least 4 members (excludes halogenated alkanes) is 2. The number of aryl methyl sites for hydroxylation is 3. The van der Waals surface area contributed by atoms with E-state index in [1.165, 1.54) is 24.0 Å². The molecular weight excluding hydrogens is 272 g/mol. The van der Waals surface area contributed by atoms with Gasteiger partial charge in [-0.3, -0.25) is 5.41 Å². The van der Waals surface area contributed by atoms with E-state index in [0.717, 1.165) is 30.7 Å². The largest absolute Gasteiger partial charge is 0.501 e. The Hall–Kier alpha value is -1.90. The summed E-state index contributed by atoms with van der Waals surface area (Å²) >= 11 is 0. The molecule has 0 aliphatic heterocycles. The molecule has 0 spiro atoms. The van der Waals surface area contributed by atoms with Crippen molar-refractivity contribution in [2.24, 2.45) is 0 Å². The lowest BCUT2D eigenvalue weighted by atomic mass is 10.2. The van der Waals surface area contributed by atoms with Gasteiger partial charge in [0.1, 0.15) is 6.54 Å². The number of ether oxygens (including phenoxy) is 1. The minimum absolute atomic E-state index is 0.771. The lowest BCUT2D eigenvalue weighted by molar-refractivity contribution is -0.697. The molecule has 1 aromatic rings. The summed E-state index contributed by atoms with van der Waals surface area (Å²) in [7, 11) is 0. The van der Waals surface area contributed by atoms with Crippen LogP contribution in [0.25, 0.3) is 0 Å². The van der Waals surface area contributed by atoms with Crippen molar-refractivity contribution in [3.8, 4) is 0 Å². The first-order valence-corrected chi connectivity index (χ1v) is 8.01. The van der Waals surface area contributed by atoms with Crippen LogP contribution < -0.4 is 9.98 Å². The highest BCUT2D eigenvalue weighted by Crippen LogP contribution is 2.03. The highest BCUT2D eigenvalue weighted by Gasteiger charge is 2.02. The molecule has 0 atom stereocenters. The Morgan fingerprint density at radius 3 is 2.59 bits per heavy atom. The van der Waals surface area contributed by atoms with Gasteiger partial charge >= 0.3 is 0 Å². The first-order chi connectivity index (χ1) is 10.5. The Morgan fingerprint density at radius 2 is 1.91 bits per heavy atom. The smallest absolute Gasteiger partial charge is 0.171 e. The molecule has 0 bridgehead atoms. The van der Waals surface area contributed by atoms with E-state index < -0.39 is 0 Å². The molecule has 1 heterocycles. The molecule has 3 heteroatoms. The van der Waals surface area contributed by atoms with Crippen LogP contribution in [0.4, 0.5) is 0 Å². The minimum Gasteiger partial charge on any atom is -0.501 e. The van der Waals surface area contributed by atoms with Crippen LogP contribution >= 0.6 is 0 Å². The van der Waals surface area contributed by atoms with Gasteiger partial charge < -0.3 is 4.74 Å². The standard InChI is InChI=1S/C19H29N2O/c1-16-8-11-21(15-19(16)4)10-6-5-7-12-22-13-9-17(2)18(3)14-20/h8-9,11,13-15,20H,5-7,10,12H2,1-4H3/q+1/p+1/b13-9-,18-17-,20-14?. The van der Waals surface area contributed by atoms with E-state index in [-0.39, 0.29) is 0 Å². The van der Waals surface area contributed by atoms with Gasteiger partial charge in [-0.2, -0.15) is 0 Å². The third kappa shape index (κ3) is 6.70. The second-order valence-corrected chi connectivity index (χ2v) is 5.82. The van der Waals surface area contributed by atoms with Crippen LogP contribution in [0.3, 0.4) is 0 Å². The van der Waals surface area contributed by atoms with E-state index in [2.05, 4.69) is 36.9 Å². The van der Waals surface area contributed by atoms with Crippen LogP contribution in [-0.2, 0) is 11.3 Å².